The van der Waals surface area contributed by atoms with Gasteiger partial charge in [0, 0.05) is 11.1 Å². The van der Waals surface area contributed by atoms with Crippen LogP contribution in [0.2, 0.25) is 0 Å². The van der Waals surface area contributed by atoms with E-state index in [-0.39, 0.29) is 17.1 Å². The van der Waals surface area contributed by atoms with Crippen molar-refractivity contribution in [2.24, 2.45) is 4.99 Å². The van der Waals surface area contributed by atoms with E-state index in [1.165, 1.54) is 11.8 Å². The normalized spacial score (nSPS) is 12.4. The number of carbonyl (C=O) groups excluding carboxylic acids is 1. The Morgan fingerprint density at radius 2 is 1.26 bits per heavy atom. The maximum Gasteiger partial charge on any atom is 0.199 e. The van der Waals surface area contributed by atoms with Gasteiger partial charge in [-0.1, -0.05) is 78.9 Å². The average molecular weight is 373 g/mol. The highest BCUT2D eigenvalue weighted by Gasteiger charge is 2.23. The second kappa shape index (κ2) is 9.01. The first-order chi connectivity index (χ1) is 13.2. The molecule has 0 unspecified atom stereocenters. The quantitative estimate of drug-likeness (QED) is 0.198. The molecule has 0 amide bonds. The zero-order chi connectivity index (χ0) is 19.1. The van der Waals surface area contributed by atoms with E-state index < -0.39 is 0 Å². The van der Waals surface area contributed by atoms with E-state index in [0.29, 0.717) is 16.2 Å². The molecule has 1 N–H and O–H groups in total. The van der Waals surface area contributed by atoms with Gasteiger partial charge in [-0.25, -0.2) is 4.99 Å². The lowest BCUT2D eigenvalue weighted by Crippen LogP contribution is -2.13. The fourth-order valence-corrected chi connectivity index (χ4v) is 3.19. The maximum atomic E-state index is 13.2. The Labute approximate surface area is 163 Å². The van der Waals surface area contributed by atoms with Crippen molar-refractivity contribution in [3.8, 4) is 0 Å². The molecule has 4 heteroatoms. The molecule has 3 rings (SSSR count). The van der Waals surface area contributed by atoms with Crippen LogP contribution in [0.25, 0.3) is 5.76 Å². The van der Waals surface area contributed by atoms with Gasteiger partial charge in [0.15, 0.2) is 5.78 Å². The highest BCUT2D eigenvalue weighted by Crippen LogP contribution is 2.27. The molecule has 0 bridgehead atoms. The SMILES string of the molecule is CSC(=Nc1ccccc1)/C(C(=O)c1ccccc1)=C(\O)c1ccccc1. The van der Waals surface area contributed by atoms with Gasteiger partial charge < -0.3 is 5.11 Å². The topological polar surface area (TPSA) is 49.7 Å². The minimum absolute atomic E-state index is 0.0755. The van der Waals surface area contributed by atoms with E-state index in [0.717, 1.165) is 5.69 Å². The molecule has 3 aromatic rings. The van der Waals surface area contributed by atoms with E-state index >= 15 is 0 Å². The Morgan fingerprint density at radius 1 is 0.778 bits per heavy atom. The monoisotopic (exact) mass is 373 g/mol. The van der Waals surface area contributed by atoms with Gasteiger partial charge in [0.25, 0.3) is 0 Å². The molecule has 3 aromatic carbocycles. The molecular weight excluding hydrogens is 354 g/mol. The number of rotatable bonds is 5. The zero-order valence-corrected chi connectivity index (χ0v) is 15.7. The number of hydrogen-bond acceptors (Lipinski definition) is 4. The van der Waals surface area contributed by atoms with Crippen LogP contribution in [0.15, 0.2) is 102 Å². The van der Waals surface area contributed by atoms with Crippen LogP contribution >= 0.6 is 11.8 Å². The predicted molar refractivity (Wildman–Crippen MR) is 114 cm³/mol. The molecule has 27 heavy (non-hydrogen) atoms. The van der Waals surface area contributed by atoms with E-state index in [1.54, 1.807) is 36.4 Å². The highest BCUT2D eigenvalue weighted by atomic mass is 32.2. The summed E-state index contributed by atoms with van der Waals surface area (Å²) >= 11 is 1.33. The molecule has 0 radical (unpaired) electrons. The molecule has 3 nitrogen and oxygen atoms in total. The number of nitrogens with zero attached hydrogens (tertiary/aromatic N) is 1. The van der Waals surface area contributed by atoms with Gasteiger partial charge in [0.2, 0.25) is 0 Å². The number of aliphatic imine (C=N–C) groups is 1. The molecule has 0 aromatic heterocycles. The summed E-state index contributed by atoms with van der Waals surface area (Å²) in [5.74, 6) is -0.338. The first kappa shape index (κ1) is 18.7. The first-order valence-corrected chi connectivity index (χ1v) is 9.69. The van der Waals surface area contributed by atoms with E-state index in [1.807, 2.05) is 60.9 Å². The van der Waals surface area contributed by atoms with Crippen molar-refractivity contribution in [2.45, 2.75) is 0 Å². The van der Waals surface area contributed by atoms with Crippen molar-refractivity contribution in [3.05, 3.63) is 108 Å². The van der Waals surface area contributed by atoms with Crippen molar-refractivity contribution < 1.29 is 9.90 Å². The summed E-state index contributed by atoms with van der Waals surface area (Å²) in [6.45, 7) is 0. The van der Waals surface area contributed by atoms with Crippen molar-refractivity contribution in [1.82, 2.24) is 0 Å². The molecular formula is C23H19NO2S. The minimum Gasteiger partial charge on any atom is -0.506 e. The molecule has 0 aliphatic rings. The van der Waals surface area contributed by atoms with Gasteiger partial charge >= 0.3 is 0 Å². The lowest BCUT2D eigenvalue weighted by Gasteiger charge is -2.12. The van der Waals surface area contributed by atoms with Gasteiger partial charge in [0.1, 0.15) is 10.8 Å². The maximum absolute atomic E-state index is 13.2. The lowest BCUT2D eigenvalue weighted by molar-refractivity contribution is 0.104. The summed E-state index contributed by atoms with van der Waals surface area (Å²) < 4.78 is 0. The van der Waals surface area contributed by atoms with Crippen LogP contribution in [0.5, 0.6) is 0 Å². The molecule has 0 spiro atoms. The summed E-state index contributed by atoms with van der Waals surface area (Å²) in [7, 11) is 0. The smallest absolute Gasteiger partial charge is 0.199 e. The summed E-state index contributed by atoms with van der Waals surface area (Å²) in [4.78, 5) is 17.8. The molecule has 0 heterocycles. The van der Waals surface area contributed by atoms with Crippen LogP contribution in [0.4, 0.5) is 5.69 Å². The summed E-state index contributed by atoms with van der Waals surface area (Å²) in [5.41, 5.74) is 2.00. The van der Waals surface area contributed by atoms with Crippen LogP contribution in [-0.4, -0.2) is 22.2 Å². The number of hydrogen-bond donors (Lipinski definition) is 1. The number of Topliss-reactive ketones (excluding diaryl/α,β-unsaturated/α-hetero) is 1. The predicted octanol–water partition coefficient (Wildman–Crippen LogP) is 5.93. The number of ketones is 1. The molecule has 134 valence electrons. The van der Waals surface area contributed by atoms with Crippen LogP contribution in [0, 0.1) is 0 Å². The van der Waals surface area contributed by atoms with Crippen LogP contribution < -0.4 is 0 Å². The molecule has 0 aliphatic carbocycles. The first-order valence-electron chi connectivity index (χ1n) is 8.47. The van der Waals surface area contributed by atoms with Crippen molar-refractivity contribution >= 4 is 34.0 Å². The van der Waals surface area contributed by atoms with Gasteiger partial charge in [-0.05, 0) is 18.4 Å². The number of aliphatic hydroxyl groups excluding tert-OH is 1. The minimum atomic E-state index is -0.263. The Bertz CT molecular complexity index is 965. The summed E-state index contributed by atoms with van der Waals surface area (Å²) in [6, 6.07) is 27.4. The van der Waals surface area contributed by atoms with Crippen LogP contribution in [0.3, 0.4) is 0 Å². The van der Waals surface area contributed by atoms with Gasteiger partial charge in [0.05, 0.1) is 11.3 Å². The molecule has 0 saturated carbocycles. The van der Waals surface area contributed by atoms with Crippen LogP contribution in [0.1, 0.15) is 15.9 Å². The van der Waals surface area contributed by atoms with E-state index in [9.17, 15) is 9.90 Å². The Kier molecular flexibility index (Phi) is 6.23. The second-order valence-corrected chi connectivity index (χ2v) is 6.54. The third-order valence-electron chi connectivity index (χ3n) is 3.94. The molecule has 0 saturated heterocycles. The summed E-state index contributed by atoms with van der Waals surface area (Å²) in [5, 5.41) is 11.4. The zero-order valence-electron chi connectivity index (χ0n) is 14.9. The Hall–Kier alpha value is -3.11. The van der Waals surface area contributed by atoms with Crippen molar-refractivity contribution in [1.29, 1.82) is 0 Å². The van der Waals surface area contributed by atoms with Crippen LogP contribution in [-0.2, 0) is 0 Å². The van der Waals surface area contributed by atoms with E-state index in [2.05, 4.69) is 4.99 Å². The number of aliphatic hydroxyl groups is 1. The third-order valence-corrected chi connectivity index (χ3v) is 4.62. The average Bonchev–Trinajstić information content (AvgIpc) is 2.75. The Balaban J connectivity index is 2.18. The third kappa shape index (κ3) is 4.54. The van der Waals surface area contributed by atoms with Crippen molar-refractivity contribution in [2.75, 3.05) is 6.26 Å². The summed E-state index contributed by atoms with van der Waals surface area (Å²) in [6.07, 6.45) is 1.85. The number of para-hydroxylation sites is 1. The molecule has 0 fully saturated rings. The molecule has 0 atom stereocenters. The van der Waals surface area contributed by atoms with Gasteiger partial charge in [-0.2, -0.15) is 0 Å². The lowest BCUT2D eigenvalue weighted by atomic mass is 10.00. The Morgan fingerprint density at radius 3 is 1.78 bits per heavy atom. The number of benzene rings is 3. The van der Waals surface area contributed by atoms with Gasteiger partial charge in [-0.3, -0.25) is 4.79 Å². The second-order valence-electron chi connectivity index (χ2n) is 5.74. The van der Waals surface area contributed by atoms with Crippen molar-refractivity contribution in [3.63, 3.8) is 0 Å². The van der Waals surface area contributed by atoms with E-state index in [4.69, 9.17) is 0 Å². The van der Waals surface area contributed by atoms with Gasteiger partial charge in [-0.15, -0.1) is 11.8 Å². The fraction of sp³-hybridized carbons (Fsp3) is 0.0435. The molecule has 0 aliphatic heterocycles. The largest absolute Gasteiger partial charge is 0.506 e. The highest BCUT2D eigenvalue weighted by molar-refractivity contribution is 8.14. The number of thioether (sulfide) groups is 1. The standard InChI is InChI=1S/C23H19NO2S/c1-27-23(24-19-15-9-4-10-16-19)20(21(25)17-11-5-2-6-12-17)22(26)18-13-7-3-8-14-18/h2-16,25H,1H3/b21-20-,24-23?. The fourth-order valence-electron chi connectivity index (χ4n) is 2.60. The number of carbonyl (C=O) groups is 1.